The van der Waals surface area contributed by atoms with E-state index in [2.05, 4.69) is 0 Å². The molecule has 1 aromatic carbocycles. The molecular weight excluding hydrogens is 303 g/mol. The Labute approximate surface area is 125 Å². The van der Waals surface area contributed by atoms with Gasteiger partial charge in [0, 0.05) is 27.3 Å². The minimum atomic E-state index is -4.57. The maximum atomic E-state index is 12.6. The van der Waals surface area contributed by atoms with Crippen LogP contribution in [0.1, 0.15) is 15.9 Å². The third kappa shape index (κ3) is 3.17. The average molecular weight is 319 g/mol. The molecule has 1 heterocycles. The summed E-state index contributed by atoms with van der Waals surface area (Å²) in [6, 6.07) is 2.29. The molecule has 1 fully saturated rings. The molecule has 8 heteroatoms. The Balaban J connectivity index is 2.20. The number of carbonyl (C=O) groups excluding carboxylic acids is 1. The number of phenols is 1. The lowest BCUT2D eigenvalue weighted by Gasteiger charge is -2.17. The third-order valence-electron chi connectivity index (χ3n) is 3.66. The number of carbonyl (C=O) groups is 1. The number of nitrogens with zero attached hydrogens (tertiary/aromatic N) is 1. The molecule has 0 aliphatic carbocycles. The molecule has 0 aromatic heterocycles. The lowest BCUT2D eigenvalue weighted by molar-refractivity contribution is -0.137. The average Bonchev–Trinajstić information content (AvgIpc) is 2.88. The summed E-state index contributed by atoms with van der Waals surface area (Å²) < 4.78 is 48.1. The first-order valence-electron chi connectivity index (χ1n) is 6.53. The summed E-state index contributed by atoms with van der Waals surface area (Å²) >= 11 is 0. The second-order valence-corrected chi connectivity index (χ2v) is 4.99. The van der Waals surface area contributed by atoms with Gasteiger partial charge in [0.15, 0.2) is 0 Å². The molecule has 2 atom stereocenters. The van der Waals surface area contributed by atoms with Crippen molar-refractivity contribution in [3.63, 3.8) is 0 Å². The summed E-state index contributed by atoms with van der Waals surface area (Å²) in [6.45, 7) is 0.489. The quantitative estimate of drug-likeness (QED) is 0.924. The summed E-state index contributed by atoms with van der Waals surface area (Å²) in [7, 11) is 2.97. The monoisotopic (exact) mass is 319 g/mol. The van der Waals surface area contributed by atoms with Gasteiger partial charge in [-0.25, -0.2) is 0 Å². The molecule has 0 saturated carbocycles. The molecule has 1 aliphatic heterocycles. The first kappa shape index (κ1) is 16.6. The zero-order valence-electron chi connectivity index (χ0n) is 12.1. The molecule has 1 aliphatic rings. The zero-order valence-corrected chi connectivity index (χ0v) is 12.1. The molecule has 2 rings (SSSR count). The number of benzene rings is 1. The minimum Gasteiger partial charge on any atom is -0.507 e. The lowest BCUT2D eigenvalue weighted by atomic mass is 10.1. The van der Waals surface area contributed by atoms with Crippen LogP contribution in [0.25, 0.3) is 0 Å². The second-order valence-electron chi connectivity index (χ2n) is 4.99. The van der Waals surface area contributed by atoms with Gasteiger partial charge < -0.3 is 19.5 Å². The second kappa shape index (κ2) is 6.13. The first-order valence-corrected chi connectivity index (χ1v) is 6.53. The molecule has 122 valence electrons. The summed E-state index contributed by atoms with van der Waals surface area (Å²) in [4.78, 5) is 13.7. The highest BCUT2D eigenvalue weighted by Gasteiger charge is 2.37. The lowest BCUT2D eigenvalue weighted by Crippen LogP contribution is -2.30. The van der Waals surface area contributed by atoms with Crippen LogP contribution in [0.3, 0.4) is 0 Å². The van der Waals surface area contributed by atoms with Gasteiger partial charge in [0.1, 0.15) is 18.0 Å². The van der Waals surface area contributed by atoms with E-state index in [-0.39, 0.29) is 30.9 Å². The van der Waals surface area contributed by atoms with E-state index < -0.39 is 23.4 Å². The highest BCUT2D eigenvalue weighted by atomic mass is 19.4. The maximum Gasteiger partial charge on any atom is 0.416 e. The largest absolute Gasteiger partial charge is 0.507 e. The fourth-order valence-electron chi connectivity index (χ4n) is 2.42. The van der Waals surface area contributed by atoms with Crippen LogP contribution in [-0.4, -0.2) is 55.4 Å². The molecule has 0 radical (unpaired) electrons. The number of alkyl halides is 3. The van der Waals surface area contributed by atoms with Gasteiger partial charge in [-0.1, -0.05) is 0 Å². The van der Waals surface area contributed by atoms with Gasteiger partial charge in [0.2, 0.25) is 0 Å². The van der Waals surface area contributed by atoms with E-state index in [0.29, 0.717) is 6.07 Å². The van der Waals surface area contributed by atoms with Gasteiger partial charge in [0.25, 0.3) is 5.91 Å². The van der Waals surface area contributed by atoms with Crippen LogP contribution in [0, 0.1) is 0 Å². The highest BCUT2D eigenvalue weighted by molar-refractivity contribution is 5.97. The minimum absolute atomic E-state index is 0.181. The van der Waals surface area contributed by atoms with E-state index in [1.54, 1.807) is 0 Å². The van der Waals surface area contributed by atoms with E-state index in [9.17, 15) is 23.1 Å². The standard InChI is InChI=1S/C14H16F3NO4/c1-21-11-6-18(7-12(11)22-2)13(20)9-4-3-8(5-10(9)19)14(15,16)17/h3-5,11-12,19H,6-7H2,1-2H3/t11-,12+. The summed E-state index contributed by atoms with van der Waals surface area (Å²) in [5, 5.41) is 9.72. The normalized spacial score (nSPS) is 22.1. The van der Waals surface area contributed by atoms with E-state index in [0.717, 1.165) is 12.1 Å². The predicted molar refractivity (Wildman–Crippen MR) is 70.6 cm³/mol. The molecule has 0 spiro atoms. The van der Waals surface area contributed by atoms with Gasteiger partial charge in [-0.3, -0.25) is 4.79 Å². The smallest absolute Gasteiger partial charge is 0.416 e. The van der Waals surface area contributed by atoms with Crippen molar-refractivity contribution >= 4 is 5.91 Å². The van der Waals surface area contributed by atoms with Crippen molar-refractivity contribution in [1.29, 1.82) is 0 Å². The van der Waals surface area contributed by atoms with E-state index in [1.165, 1.54) is 19.1 Å². The Morgan fingerprint density at radius 2 is 1.77 bits per heavy atom. The van der Waals surface area contributed by atoms with Crippen LogP contribution in [-0.2, 0) is 15.7 Å². The summed E-state index contributed by atoms with van der Waals surface area (Å²) in [5.74, 6) is -1.26. The number of halogens is 3. The SMILES string of the molecule is CO[C@H]1CN(C(=O)c2ccc(C(F)(F)F)cc2O)C[C@H]1OC. The Bertz CT molecular complexity index is 550. The maximum absolute atomic E-state index is 12.6. The van der Waals surface area contributed by atoms with E-state index in [1.807, 2.05) is 0 Å². The molecule has 5 nitrogen and oxygen atoms in total. The fourth-order valence-corrected chi connectivity index (χ4v) is 2.42. The Hall–Kier alpha value is -1.80. The number of rotatable bonds is 3. The fraction of sp³-hybridized carbons (Fsp3) is 0.500. The number of methoxy groups -OCH3 is 2. The molecule has 1 N–H and O–H groups in total. The van der Waals surface area contributed by atoms with Crippen molar-refractivity contribution in [2.24, 2.45) is 0 Å². The number of hydrogen-bond donors (Lipinski definition) is 1. The molecule has 22 heavy (non-hydrogen) atoms. The van der Waals surface area contributed by atoms with Crippen LogP contribution in [0.5, 0.6) is 5.75 Å². The molecule has 1 amide bonds. The zero-order chi connectivity index (χ0) is 16.5. The van der Waals surface area contributed by atoms with Crippen molar-refractivity contribution in [1.82, 2.24) is 4.90 Å². The van der Waals surface area contributed by atoms with Gasteiger partial charge in [0.05, 0.1) is 11.1 Å². The topological polar surface area (TPSA) is 59.0 Å². The molecule has 1 aromatic rings. The highest BCUT2D eigenvalue weighted by Crippen LogP contribution is 2.33. The number of amides is 1. The van der Waals surface area contributed by atoms with Crippen LogP contribution < -0.4 is 0 Å². The molecule has 0 unspecified atom stereocenters. The van der Waals surface area contributed by atoms with Crippen molar-refractivity contribution in [3.8, 4) is 5.75 Å². The van der Waals surface area contributed by atoms with Crippen molar-refractivity contribution in [2.45, 2.75) is 18.4 Å². The van der Waals surface area contributed by atoms with Crippen LogP contribution in [0.15, 0.2) is 18.2 Å². The van der Waals surface area contributed by atoms with Gasteiger partial charge >= 0.3 is 6.18 Å². The predicted octanol–water partition coefficient (Wildman–Crippen LogP) is 1.90. The summed E-state index contributed by atoms with van der Waals surface area (Å²) in [5.41, 5.74) is -1.19. The van der Waals surface area contributed by atoms with Crippen molar-refractivity contribution < 1.29 is 32.5 Å². The van der Waals surface area contributed by atoms with E-state index in [4.69, 9.17) is 9.47 Å². The molecular formula is C14H16F3NO4. The van der Waals surface area contributed by atoms with Crippen molar-refractivity contribution in [2.75, 3.05) is 27.3 Å². The Kier molecular flexibility index (Phi) is 4.62. The number of phenolic OH excluding ortho intramolecular Hbond substituents is 1. The number of likely N-dealkylation sites (tertiary alicyclic amines) is 1. The Morgan fingerprint density at radius 1 is 1.23 bits per heavy atom. The van der Waals surface area contributed by atoms with Gasteiger partial charge in [-0.15, -0.1) is 0 Å². The Morgan fingerprint density at radius 3 is 2.18 bits per heavy atom. The number of ether oxygens (including phenoxy) is 2. The van der Waals surface area contributed by atoms with Crippen LogP contribution in [0.4, 0.5) is 13.2 Å². The molecule has 1 saturated heterocycles. The summed E-state index contributed by atoms with van der Waals surface area (Å²) in [6.07, 6.45) is -5.20. The third-order valence-corrected chi connectivity index (χ3v) is 3.66. The number of aromatic hydroxyl groups is 1. The van der Waals surface area contributed by atoms with E-state index >= 15 is 0 Å². The van der Waals surface area contributed by atoms with Crippen molar-refractivity contribution in [3.05, 3.63) is 29.3 Å². The van der Waals surface area contributed by atoms with Gasteiger partial charge in [-0.2, -0.15) is 13.2 Å². The van der Waals surface area contributed by atoms with Crippen LogP contribution >= 0.6 is 0 Å². The van der Waals surface area contributed by atoms with Gasteiger partial charge in [-0.05, 0) is 18.2 Å². The number of hydrogen-bond acceptors (Lipinski definition) is 4. The first-order chi connectivity index (χ1) is 10.3. The van der Waals surface area contributed by atoms with Crippen LogP contribution in [0.2, 0.25) is 0 Å². The molecule has 0 bridgehead atoms.